The molecule has 82 valence electrons. The second-order valence-electron chi connectivity index (χ2n) is 3.13. The topological polar surface area (TPSA) is 76.7 Å². The molecule has 0 atom stereocenters. The molecule has 1 heterocycles. The summed E-state index contributed by atoms with van der Waals surface area (Å²) in [6, 6.07) is 4.59. The first kappa shape index (κ1) is 10.2. The first-order chi connectivity index (χ1) is 7.67. The number of hydrogen-bond donors (Lipinski definition) is 1. The van der Waals surface area contributed by atoms with E-state index in [2.05, 4.69) is 0 Å². The van der Waals surface area contributed by atoms with Crippen LogP contribution in [0.15, 0.2) is 22.6 Å². The Kier molecular flexibility index (Phi) is 2.36. The van der Waals surface area contributed by atoms with Crippen LogP contribution in [0.1, 0.15) is 20.9 Å². The largest absolute Gasteiger partial charge is 0.496 e. The predicted octanol–water partition coefficient (Wildman–Crippen LogP) is 1.95. The van der Waals surface area contributed by atoms with Gasteiger partial charge in [0.15, 0.2) is 6.29 Å². The minimum atomic E-state index is -1.17. The molecule has 0 aliphatic rings. The fourth-order valence-electron chi connectivity index (χ4n) is 1.50. The molecule has 16 heavy (non-hydrogen) atoms. The molecule has 0 bridgehead atoms. The van der Waals surface area contributed by atoms with Crippen molar-refractivity contribution >= 4 is 23.2 Å². The quantitative estimate of drug-likeness (QED) is 0.800. The van der Waals surface area contributed by atoms with Crippen LogP contribution in [0.3, 0.4) is 0 Å². The van der Waals surface area contributed by atoms with Crippen LogP contribution in [-0.4, -0.2) is 24.5 Å². The Morgan fingerprint density at radius 1 is 1.50 bits per heavy atom. The van der Waals surface area contributed by atoms with Gasteiger partial charge in [-0.2, -0.15) is 0 Å². The van der Waals surface area contributed by atoms with E-state index in [-0.39, 0.29) is 16.9 Å². The van der Waals surface area contributed by atoms with Crippen LogP contribution in [0.2, 0.25) is 0 Å². The molecule has 1 aromatic carbocycles. The van der Waals surface area contributed by atoms with E-state index in [4.69, 9.17) is 14.3 Å². The molecule has 0 amide bonds. The van der Waals surface area contributed by atoms with Gasteiger partial charge in [0.1, 0.15) is 11.3 Å². The lowest BCUT2D eigenvalue weighted by Gasteiger charge is -2.02. The molecule has 0 fully saturated rings. The van der Waals surface area contributed by atoms with Crippen LogP contribution >= 0.6 is 0 Å². The molecule has 2 rings (SSSR count). The van der Waals surface area contributed by atoms with Crippen LogP contribution in [0.25, 0.3) is 11.0 Å². The van der Waals surface area contributed by atoms with Gasteiger partial charge in [-0.3, -0.25) is 4.79 Å². The molecule has 0 radical (unpaired) electrons. The molecule has 0 saturated carbocycles. The minimum Gasteiger partial charge on any atom is -0.496 e. The Balaban J connectivity index is 2.76. The van der Waals surface area contributed by atoms with Gasteiger partial charge >= 0.3 is 5.97 Å². The summed E-state index contributed by atoms with van der Waals surface area (Å²) in [7, 11) is 1.43. The summed E-state index contributed by atoms with van der Waals surface area (Å²) in [5.74, 6) is -1.02. The Labute approximate surface area is 90.2 Å². The number of rotatable bonds is 3. The molecule has 0 saturated heterocycles. The summed E-state index contributed by atoms with van der Waals surface area (Å²) >= 11 is 0. The summed E-state index contributed by atoms with van der Waals surface area (Å²) in [6.45, 7) is 0. The van der Waals surface area contributed by atoms with Crippen molar-refractivity contribution in [1.29, 1.82) is 0 Å². The van der Waals surface area contributed by atoms with Crippen molar-refractivity contribution in [3.05, 3.63) is 29.5 Å². The third kappa shape index (κ3) is 1.42. The van der Waals surface area contributed by atoms with Gasteiger partial charge in [0, 0.05) is 5.39 Å². The Morgan fingerprint density at radius 2 is 2.25 bits per heavy atom. The summed E-state index contributed by atoms with van der Waals surface area (Å²) in [6.07, 6.45) is 0.580. The predicted molar refractivity (Wildman–Crippen MR) is 55.1 cm³/mol. The number of hydrogen-bond acceptors (Lipinski definition) is 4. The van der Waals surface area contributed by atoms with Gasteiger partial charge in [-0.25, -0.2) is 4.79 Å². The summed E-state index contributed by atoms with van der Waals surface area (Å²) < 4.78 is 10.1. The van der Waals surface area contributed by atoms with Gasteiger partial charge in [-0.1, -0.05) is 0 Å². The number of methoxy groups -OCH3 is 1. The monoisotopic (exact) mass is 220 g/mol. The molecule has 0 spiro atoms. The van der Waals surface area contributed by atoms with E-state index >= 15 is 0 Å². The standard InChI is InChI=1S/C11H8O5/c1-15-8-3-2-6-4-9(11(13)14)16-10(6)7(8)5-12/h2-5H,1H3,(H,13,14). The number of carbonyl (C=O) groups excluding carboxylic acids is 1. The number of aromatic carboxylic acids is 1. The summed E-state index contributed by atoms with van der Waals surface area (Å²) in [5.41, 5.74) is 0.444. The van der Waals surface area contributed by atoms with Gasteiger partial charge in [0.2, 0.25) is 5.76 Å². The number of ether oxygens (including phenoxy) is 1. The van der Waals surface area contributed by atoms with Gasteiger partial charge in [-0.15, -0.1) is 0 Å². The van der Waals surface area contributed by atoms with Crippen LogP contribution < -0.4 is 4.74 Å². The average molecular weight is 220 g/mol. The zero-order valence-electron chi connectivity index (χ0n) is 8.39. The maximum Gasteiger partial charge on any atom is 0.371 e. The maximum atomic E-state index is 10.9. The molecule has 1 aromatic heterocycles. The highest BCUT2D eigenvalue weighted by Gasteiger charge is 2.15. The summed E-state index contributed by atoms with van der Waals surface area (Å²) in [5, 5.41) is 9.32. The minimum absolute atomic E-state index is 0.202. The van der Waals surface area contributed by atoms with Crippen LogP contribution in [0.4, 0.5) is 0 Å². The van der Waals surface area contributed by atoms with Crippen molar-refractivity contribution in [3.8, 4) is 5.75 Å². The molecule has 5 heteroatoms. The van der Waals surface area contributed by atoms with Crippen molar-refractivity contribution in [3.63, 3.8) is 0 Å². The molecule has 0 unspecified atom stereocenters. The van der Waals surface area contributed by atoms with Crippen molar-refractivity contribution < 1.29 is 23.8 Å². The number of furan rings is 1. The zero-order valence-corrected chi connectivity index (χ0v) is 8.39. The van der Waals surface area contributed by atoms with Gasteiger partial charge in [0.25, 0.3) is 0 Å². The highest BCUT2D eigenvalue weighted by molar-refractivity contribution is 6.00. The lowest BCUT2D eigenvalue weighted by atomic mass is 10.1. The highest BCUT2D eigenvalue weighted by atomic mass is 16.5. The third-order valence-electron chi connectivity index (χ3n) is 2.23. The van der Waals surface area contributed by atoms with E-state index in [1.165, 1.54) is 13.2 Å². The van der Waals surface area contributed by atoms with Crippen molar-refractivity contribution in [2.24, 2.45) is 0 Å². The van der Waals surface area contributed by atoms with Crippen molar-refractivity contribution in [1.82, 2.24) is 0 Å². The lowest BCUT2D eigenvalue weighted by Crippen LogP contribution is -1.92. The first-order valence-electron chi connectivity index (χ1n) is 4.46. The Bertz CT molecular complexity index is 567. The Morgan fingerprint density at radius 3 is 2.81 bits per heavy atom. The number of benzene rings is 1. The van der Waals surface area contributed by atoms with E-state index in [1.807, 2.05) is 0 Å². The number of carboxylic acids is 1. The number of carbonyl (C=O) groups is 2. The van der Waals surface area contributed by atoms with Crippen LogP contribution in [0, 0.1) is 0 Å². The van der Waals surface area contributed by atoms with E-state index < -0.39 is 5.97 Å². The first-order valence-corrected chi connectivity index (χ1v) is 4.46. The van der Waals surface area contributed by atoms with Crippen LogP contribution in [0.5, 0.6) is 5.75 Å². The Hall–Kier alpha value is -2.30. The average Bonchev–Trinajstić information content (AvgIpc) is 2.71. The van der Waals surface area contributed by atoms with E-state index in [0.29, 0.717) is 17.4 Å². The van der Waals surface area contributed by atoms with Gasteiger partial charge in [0.05, 0.1) is 12.7 Å². The lowest BCUT2D eigenvalue weighted by molar-refractivity contribution is 0.0664. The SMILES string of the molecule is COc1ccc2cc(C(=O)O)oc2c1C=O. The van der Waals surface area contributed by atoms with Crippen molar-refractivity contribution in [2.45, 2.75) is 0 Å². The molecular formula is C11H8O5. The molecule has 2 aromatic rings. The van der Waals surface area contributed by atoms with E-state index in [0.717, 1.165) is 0 Å². The summed E-state index contributed by atoms with van der Waals surface area (Å²) in [4.78, 5) is 21.6. The van der Waals surface area contributed by atoms with Gasteiger partial charge < -0.3 is 14.3 Å². The molecular weight excluding hydrogens is 212 g/mol. The highest BCUT2D eigenvalue weighted by Crippen LogP contribution is 2.29. The number of carboxylic acid groups (broad SMARTS) is 1. The molecule has 0 aliphatic carbocycles. The smallest absolute Gasteiger partial charge is 0.371 e. The molecule has 1 N–H and O–H groups in total. The van der Waals surface area contributed by atoms with Crippen molar-refractivity contribution in [2.75, 3.05) is 7.11 Å². The number of fused-ring (bicyclic) bond motifs is 1. The van der Waals surface area contributed by atoms with E-state index in [1.54, 1.807) is 12.1 Å². The molecule has 5 nitrogen and oxygen atoms in total. The zero-order chi connectivity index (χ0) is 11.7. The third-order valence-corrected chi connectivity index (χ3v) is 2.23. The number of aldehydes is 1. The van der Waals surface area contributed by atoms with Crippen LogP contribution in [-0.2, 0) is 0 Å². The fraction of sp³-hybridized carbons (Fsp3) is 0.0909. The second kappa shape index (κ2) is 3.69. The second-order valence-corrected chi connectivity index (χ2v) is 3.13. The molecule has 0 aliphatic heterocycles. The van der Waals surface area contributed by atoms with E-state index in [9.17, 15) is 9.59 Å². The van der Waals surface area contributed by atoms with Gasteiger partial charge in [-0.05, 0) is 18.2 Å². The normalized spacial score (nSPS) is 10.3. The maximum absolute atomic E-state index is 10.9. The fourth-order valence-corrected chi connectivity index (χ4v) is 1.50.